The van der Waals surface area contributed by atoms with Crippen LogP contribution in [0.5, 0.6) is 0 Å². The second kappa shape index (κ2) is 9.97. The number of ether oxygens (including phenoxy) is 1. The van der Waals surface area contributed by atoms with Gasteiger partial charge in [-0.3, -0.25) is 0 Å². The monoisotopic (exact) mass is 211 g/mol. The molecule has 0 aromatic carbocycles. The lowest BCUT2D eigenvalue weighted by atomic mass is 10.0. The van der Waals surface area contributed by atoms with Crippen molar-refractivity contribution in [2.45, 2.75) is 26.2 Å². The lowest BCUT2D eigenvalue weighted by Gasteiger charge is -2.09. The van der Waals surface area contributed by atoms with Crippen LogP contribution >= 0.6 is 0 Å². The molecular formula is C13H25NO. The van der Waals surface area contributed by atoms with Gasteiger partial charge in [-0.05, 0) is 32.7 Å². The third-order valence-corrected chi connectivity index (χ3v) is 2.22. The van der Waals surface area contributed by atoms with E-state index in [9.17, 15) is 0 Å². The predicted molar refractivity (Wildman–Crippen MR) is 66.1 cm³/mol. The molecule has 0 N–H and O–H groups in total. The fourth-order valence-corrected chi connectivity index (χ4v) is 1.33. The van der Waals surface area contributed by atoms with Crippen LogP contribution in [-0.2, 0) is 4.74 Å². The summed E-state index contributed by atoms with van der Waals surface area (Å²) in [6.45, 7) is 3.97. The van der Waals surface area contributed by atoms with E-state index in [1.54, 1.807) is 7.11 Å². The Morgan fingerprint density at radius 1 is 1.40 bits per heavy atom. The van der Waals surface area contributed by atoms with Crippen LogP contribution in [0.3, 0.4) is 0 Å². The third kappa shape index (κ3) is 9.74. The van der Waals surface area contributed by atoms with Crippen LogP contribution in [0.4, 0.5) is 0 Å². The maximum Gasteiger partial charge on any atom is 0.0531 e. The van der Waals surface area contributed by atoms with Crippen LogP contribution in [0.15, 0.2) is 17.9 Å². The summed E-state index contributed by atoms with van der Waals surface area (Å²) in [6, 6.07) is 0. The Hall–Kier alpha value is -0.560. The molecule has 15 heavy (non-hydrogen) atoms. The maximum absolute atomic E-state index is 5.18. The van der Waals surface area contributed by atoms with Crippen LogP contribution in [0, 0.1) is 5.92 Å². The predicted octanol–water partition coefficient (Wildman–Crippen LogP) is 2.71. The average molecular weight is 211 g/mol. The molecule has 0 radical (unpaired) electrons. The zero-order valence-corrected chi connectivity index (χ0v) is 10.6. The van der Waals surface area contributed by atoms with Gasteiger partial charge in [-0.2, -0.15) is 0 Å². The van der Waals surface area contributed by atoms with Gasteiger partial charge in [0.15, 0.2) is 0 Å². The third-order valence-electron chi connectivity index (χ3n) is 2.22. The van der Waals surface area contributed by atoms with Gasteiger partial charge >= 0.3 is 0 Å². The number of likely N-dealkylation sites (N-methyl/N-ethyl adjacent to an activating group) is 1. The smallest absolute Gasteiger partial charge is 0.0531 e. The van der Waals surface area contributed by atoms with Crippen LogP contribution in [0.25, 0.3) is 0 Å². The minimum Gasteiger partial charge on any atom is -0.384 e. The highest BCUT2D eigenvalue weighted by Gasteiger charge is 2.02. The molecule has 0 rings (SSSR count). The second-order valence-corrected chi connectivity index (χ2v) is 4.16. The number of unbranched alkanes of at least 4 members (excludes halogenated alkanes) is 1. The molecule has 0 aliphatic heterocycles. The van der Waals surface area contributed by atoms with E-state index in [1.165, 1.54) is 19.3 Å². The first-order chi connectivity index (χ1) is 7.20. The minimum atomic E-state index is 0.522. The summed E-state index contributed by atoms with van der Waals surface area (Å²) < 4.78 is 5.18. The van der Waals surface area contributed by atoms with Crippen molar-refractivity contribution >= 4 is 0 Å². The van der Waals surface area contributed by atoms with Crippen molar-refractivity contribution in [3.63, 3.8) is 0 Å². The van der Waals surface area contributed by atoms with E-state index >= 15 is 0 Å². The molecule has 88 valence electrons. The van der Waals surface area contributed by atoms with Crippen LogP contribution < -0.4 is 0 Å². The van der Waals surface area contributed by atoms with Crippen molar-refractivity contribution in [2.75, 3.05) is 34.4 Å². The van der Waals surface area contributed by atoms with Gasteiger partial charge in [0.1, 0.15) is 0 Å². The Morgan fingerprint density at radius 2 is 2.13 bits per heavy atom. The van der Waals surface area contributed by atoms with Crippen molar-refractivity contribution in [3.8, 4) is 0 Å². The topological polar surface area (TPSA) is 12.5 Å². The van der Waals surface area contributed by atoms with Crippen LogP contribution in [0.2, 0.25) is 0 Å². The van der Waals surface area contributed by atoms with Crippen molar-refractivity contribution in [3.05, 3.63) is 17.9 Å². The highest BCUT2D eigenvalue weighted by molar-refractivity contribution is 4.90. The molecule has 0 saturated heterocycles. The van der Waals surface area contributed by atoms with E-state index in [-0.39, 0.29) is 0 Å². The molecule has 0 heterocycles. The van der Waals surface area contributed by atoms with Gasteiger partial charge in [-0.25, -0.2) is 0 Å². The largest absolute Gasteiger partial charge is 0.384 e. The molecule has 1 atom stereocenters. The number of methoxy groups -OCH3 is 1. The first-order valence-electron chi connectivity index (χ1n) is 5.75. The molecule has 2 nitrogen and oxygen atoms in total. The lowest BCUT2D eigenvalue weighted by molar-refractivity contribution is 0.165. The normalized spacial score (nSPS) is 12.3. The molecule has 0 aromatic rings. The zero-order chi connectivity index (χ0) is 11.5. The molecule has 0 bridgehead atoms. The van der Waals surface area contributed by atoms with E-state index in [0.29, 0.717) is 5.92 Å². The fraction of sp³-hybridized carbons (Fsp3) is 0.769. The van der Waals surface area contributed by atoms with E-state index in [0.717, 1.165) is 13.2 Å². The van der Waals surface area contributed by atoms with Gasteiger partial charge in [-0.1, -0.05) is 19.8 Å². The first kappa shape index (κ1) is 14.4. The van der Waals surface area contributed by atoms with Crippen molar-refractivity contribution in [2.24, 2.45) is 5.92 Å². The molecule has 0 spiro atoms. The van der Waals surface area contributed by atoms with E-state index < -0.39 is 0 Å². The van der Waals surface area contributed by atoms with Gasteiger partial charge in [0.05, 0.1) is 6.61 Å². The van der Waals surface area contributed by atoms with Crippen molar-refractivity contribution < 1.29 is 4.74 Å². The van der Waals surface area contributed by atoms with Crippen LogP contribution in [-0.4, -0.2) is 39.3 Å². The number of nitrogens with zero attached hydrogens (tertiary/aromatic N) is 1. The quantitative estimate of drug-likeness (QED) is 0.572. The lowest BCUT2D eigenvalue weighted by Crippen LogP contribution is -2.10. The van der Waals surface area contributed by atoms with Gasteiger partial charge < -0.3 is 9.64 Å². The van der Waals surface area contributed by atoms with Crippen LogP contribution in [0.1, 0.15) is 26.2 Å². The summed E-state index contributed by atoms with van der Waals surface area (Å²) in [5, 5.41) is 0. The highest BCUT2D eigenvalue weighted by Crippen LogP contribution is 2.09. The first-order valence-corrected chi connectivity index (χ1v) is 5.75. The Labute approximate surface area is 94.6 Å². The molecule has 0 amide bonds. The zero-order valence-electron chi connectivity index (χ0n) is 10.6. The summed E-state index contributed by atoms with van der Waals surface area (Å²) in [4.78, 5) is 2.12. The summed E-state index contributed by atoms with van der Waals surface area (Å²) in [6.07, 6.45) is 7.92. The SMILES string of the molecule is CCCCC(C=C=CCN(C)C)COC. The molecule has 0 aromatic heterocycles. The minimum absolute atomic E-state index is 0.522. The number of hydrogen-bond acceptors (Lipinski definition) is 2. The van der Waals surface area contributed by atoms with Crippen molar-refractivity contribution in [1.29, 1.82) is 0 Å². The molecule has 2 heteroatoms. The molecule has 0 saturated carbocycles. The fourth-order valence-electron chi connectivity index (χ4n) is 1.33. The summed E-state index contributed by atoms with van der Waals surface area (Å²) in [5.41, 5.74) is 3.24. The molecule has 0 fully saturated rings. The van der Waals surface area contributed by atoms with Gasteiger partial charge in [0, 0.05) is 19.6 Å². The highest BCUT2D eigenvalue weighted by atomic mass is 16.5. The molecule has 0 aliphatic carbocycles. The van der Waals surface area contributed by atoms with Gasteiger partial charge in [-0.15, -0.1) is 5.73 Å². The Morgan fingerprint density at radius 3 is 2.67 bits per heavy atom. The average Bonchev–Trinajstić information content (AvgIpc) is 2.20. The molecule has 0 aliphatic rings. The molecular weight excluding hydrogens is 186 g/mol. The van der Waals surface area contributed by atoms with Gasteiger partial charge in [0.25, 0.3) is 0 Å². The van der Waals surface area contributed by atoms with Gasteiger partial charge in [0.2, 0.25) is 0 Å². The Kier molecular flexibility index (Phi) is 9.60. The number of rotatable bonds is 8. The summed E-state index contributed by atoms with van der Waals surface area (Å²) in [7, 11) is 5.88. The van der Waals surface area contributed by atoms with E-state index in [4.69, 9.17) is 4.74 Å². The Bertz CT molecular complexity index is 193. The van der Waals surface area contributed by atoms with E-state index in [1.807, 2.05) is 0 Å². The molecule has 1 unspecified atom stereocenters. The maximum atomic E-state index is 5.18. The summed E-state index contributed by atoms with van der Waals surface area (Å²) in [5.74, 6) is 0.522. The standard InChI is InChI=1S/C13H25NO/c1-5-6-9-13(12-15-4)10-7-8-11-14(2)3/h8,10,13H,5-6,9,11-12H2,1-4H3. The second-order valence-electron chi connectivity index (χ2n) is 4.16. The Balaban J connectivity index is 3.95. The van der Waals surface area contributed by atoms with E-state index in [2.05, 4.69) is 43.8 Å². The van der Waals surface area contributed by atoms with Crippen molar-refractivity contribution in [1.82, 2.24) is 4.90 Å². The number of hydrogen-bond donors (Lipinski definition) is 0. The summed E-state index contributed by atoms with van der Waals surface area (Å²) >= 11 is 0.